The number of carbonyl (C=O) groups is 1. The number of hydrogen-bond donors (Lipinski definition) is 0. The average molecular weight is 414 g/mol. The molecule has 0 radical (unpaired) electrons. The number of benzene rings is 2. The van der Waals surface area contributed by atoms with Crippen LogP contribution >= 0.6 is 11.6 Å². The highest BCUT2D eigenvalue weighted by molar-refractivity contribution is 6.30. The van der Waals surface area contributed by atoms with E-state index >= 15 is 0 Å². The minimum atomic E-state index is -0.378. The predicted octanol–water partition coefficient (Wildman–Crippen LogP) is 4.55. The lowest BCUT2D eigenvalue weighted by molar-refractivity contribution is -0.132. The monoisotopic (exact) mass is 413 g/mol. The van der Waals surface area contributed by atoms with Gasteiger partial charge in [0.1, 0.15) is 5.82 Å². The van der Waals surface area contributed by atoms with E-state index in [0.717, 1.165) is 24.9 Å². The van der Waals surface area contributed by atoms with Crippen LogP contribution in [0.4, 0.5) is 4.39 Å². The first-order valence-corrected chi connectivity index (χ1v) is 10.1. The van der Waals surface area contributed by atoms with Crippen LogP contribution in [0, 0.1) is 11.7 Å². The summed E-state index contributed by atoms with van der Waals surface area (Å²) >= 11 is 5.91. The highest BCUT2D eigenvalue weighted by atomic mass is 35.5. The molecule has 1 aliphatic heterocycles. The smallest absolute Gasteiger partial charge is 0.227 e. The summed E-state index contributed by atoms with van der Waals surface area (Å²) < 4.78 is 19.2. The molecule has 3 aromatic rings. The summed E-state index contributed by atoms with van der Waals surface area (Å²) in [6.07, 6.45) is 2.86. The molecule has 1 aromatic heterocycles. The molecule has 2 aromatic carbocycles. The van der Waals surface area contributed by atoms with Crippen molar-refractivity contribution in [3.8, 4) is 11.4 Å². The van der Waals surface area contributed by atoms with Gasteiger partial charge in [-0.3, -0.25) is 4.79 Å². The maximum atomic E-state index is 13.9. The number of halogens is 2. The van der Waals surface area contributed by atoms with E-state index in [9.17, 15) is 9.18 Å². The molecule has 0 saturated carbocycles. The molecule has 1 unspecified atom stereocenters. The van der Waals surface area contributed by atoms with Gasteiger partial charge in [0.15, 0.2) is 0 Å². The first kappa shape index (κ1) is 19.6. The Kier molecular flexibility index (Phi) is 5.90. The molecular formula is C22H21ClFN3O2. The summed E-state index contributed by atoms with van der Waals surface area (Å²) in [5.41, 5.74) is 1.28. The Labute approximate surface area is 173 Å². The lowest BCUT2D eigenvalue weighted by Gasteiger charge is -2.32. The molecule has 1 fully saturated rings. The molecule has 1 atom stereocenters. The number of amides is 1. The summed E-state index contributed by atoms with van der Waals surface area (Å²) in [5, 5.41) is 4.57. The fraction of sp³-hybridized carbons (Fsp3) is 0.318. The quantitative estimate of drug-likeness (QED) is 0.615. The van der Waals surface area contributed by atoms with Crippen molar-refractivity contribution in [3.63, 3.8) is 0 Å². The van der Waals surface area contributed by atoms with Gasteiger partial charge in [-0.05, 0) is 48.6 Å². The molecule has 0 aliphatic carbocycles. The fourth-order valence-electron chi connectivity index (χ4n) is 3.68. The Morgan fingerprint density at radius 1 is 1.21 bits per heavy atom. The van der Waals surface area contributed by atoms with Crippen LogP contribution in [0.1, 0.15) is 24.3 Å². The van der Waals surface area contributed by atoms with Crippen LogP contribution in [0.5, 0.6) is 0 Å². The van der Waals surface area contributed by atoms with Crippen molar-refractivity contribution in [1.82, 2.24) is 15.0 Å². The van der Waals surface area contributed by atoms with E-state index in [2.05, 4.69) is 10.1 Å². The van der Waals surface area contributed by atoms with Gasteiger partial charge in [0.25, 0.3) is 0 Å². The van der Waals surface area contributed by atoms with E-state index < -0.39 is 0 Å². The van der Waals surface area contributed by atoms with E-state index in [1.807, 2.05) is 17.0 Å². The molecule has 7 heteroatoms. The van der Waals surface area contributed by atoms with Gasteiger partial charge in [-0.15, -0.1) is 0 Å². The number of hydrogen-bond acceptors (Lipinski definition) is 4. The van der Waals surface area contributed by atoms with Gasteiger partial charge in [0.05, 0.1) is 12.0 Å². The van der Waals surface area contributed by atoms with Crippen LogP contribution in [0.25, 0.3) is 11.4 Å². The number of carbonyl (C=O) groups excluding carboxylic acids is 1. The number of piperidine rings is 1. The van der Waals surface area contributed by atoms with E-state index in [1.165, 1.54) is 6.07 Å². The van der Waals surface area contributed by atoms with Gasteiger partial charge in [0, 0.05) is 24.5 Å². The second kappa shape index (κ2) is 8.74. The normalized spacial score (nSPS) is 16.8. The second-order valence-corrected chi connectivity index (χ2v) is 7.78. The third kappa shape index (κ3) is 4.82. The molecule has 1 aliphatic rings. The Balaban J connectivity index is 1.37. The number of likely N-dealkylation sites (tertiary alicyclic amines) is 1. The second-order valence-electron chi connectivity index (χ2n) is 7.35. The molecule has 4 rings (SSSR count). The van der Waals surface area contributed by atoms with Gasteiger partial charge in [0.2, 0.25) is 17.6 Å². The summed E-state index contributed by atoms with van der Waals surface area (Å²) in [7, 11) is 0. The van der Waals surface area contributed by atoms with Crippen LogP contribution < -0.4 is 0 Å². The first-order valence-electron chi connectivity index (χ1n) is 9.68. The Hall–Kier alpha value is -2.73. The molecule has 2 heterocycles. The van der Waals surface area contributed by atoms with E-state index in [0.29, 0.717) is 35.9 Å². The summed E-state index contributed by atoms with van der Waals surface area (Å²) in [4.78, 5) is 18.9. The van der Waals surface area contributed by atoms with Crippen molar-refractivity contribution in [3.05, 3.63) is 70.8 Å². The number of aromatic nitrogens is 2. The van der Waals surface area contributed by atoms with Gasteiger partial charge in [-0.1, -0.05) is 41.0 Å². The number of nitrogens with zero attached hydrogens (tertiary/aromatic N) is 3. The molecule has 0 bridgehead atoms. The Bertz CT molecular complexity index is 990. The largest absolute Gasteiger partial charge is 0.342 e. The summed E-state index contributed by atoms with van der Waals surface area (Å²) in [5.74, 6) is 0.697. The molecule has 150 valence electrons. The van der Waals surface area contributed by atoms with Gasteiger partial charge < -0.3 is 9.42 Å². The zero-order chi connectivity index (χ0) is 20.2. The molecule has 0 spiro atoms. The molecule has 0 N–H and O–H groups in total. The Morgan fingerprint density at radius 2 is 2.00 bits per heavy atom. The fourth-order valence-corrected chi connectivity index (χ4v) is 3.81. The SMILES string of the molecule is O=C(Cc1ccc(Cl)cc1)N1CCCC(Cc2nc(-c3ccccc3F)no2)C1. The predicted molar refractivity (Wildman–Crippen MR) is 108 cm³/mol. The third-order valence-electron chi connectivity index (χ3n) is 5.19. The zero-order valence-electron chi connectivity index (χ0n) is 15.9. The maximum absolute atomic E-state index is 13.9. The topological polar surface area (TPSA) is 59.2 Å². The summed E-state index contributed by atoms with van der Waals surface area (Å²) in [6.45, 7) is 1.41. The first-order chi connectivity index (χ1) is 14.1. The molecule has 29 heavy (non-hydrogen) atoms. The lowest BCUT2D eigenvalue weighted by Crippen LogP contribution is -2.41. The van der Waals surface area contributed by atoms with E-state index in [4.69, 9.17) is 16.1 Å². The molecule has 5 nitrogen and oxygen atoms in total. The van der Waals surface area contributed by atoms with Gasteiger partial charge in [-0.25, -0.2) is 4.39 Å². The van der Waals surface area contributed by atoms with Crippen molar-refractivity contribution >= 4 is 17.5 Å². The standard InChI is InChI=1S/C22H21ClFN3O2/c23-17-9-7-15(8-10-17)13-21(28)27-11-3-4-16(14-27)12-20-25-22(26-29-20)18-5-1-2-6-19(18)24/h1-2,5-10,16H,3-4,11-14H2. The van der Waals surface area contributed by atoms with E-state index in [-0.39, 0.29) is 23.5 Å². The summed E-state index contributed by atoms with van der Waals surface area (Å²) in [6, 6.07) is 13.7. The highest BCUT2D eigenvalue weighted by Crippen LogP contribution is 2.24. The van der Waals surface area contributed by atoms with Crippen LogP contribution in [0.15, 0.2) is 53.1 Å². The molecule has 1 amide bonds. The van der Waals surface area contributed by atoms with Crippen molar-refractivity contribution in [2.45, 2.75) is 25.7 Å². The lowest BCUT2D eigenvalue weighted by atomic mass is 9.94. The van der Waals surface area contributed by atoms with Crippen molar-refractivity contribution in [2.75, 3.05) is 13.1 Å². The minimum Gasteiger partial charge on any atom is -0.342 e. The van der Waals surface area contributed by atoms with Crippen molar-refractivity contribution < 1.29 is 13.7 Å². The van der Waals surface area contributed by atoms with Crippen molar-refractivity contribution in [2.24, 2.45) is 5.92 Å². The highest BCUT2D eigenvalue weighted by Gasteiger charge is 2.25. The molecular weight excluding hydrogens is 393 g/mol. The zero-order valence-corrected chi connectivity index (χ0v) is 16.6. The van der Waals surface area contributed by atoms with E-state index in [1.54, 1.807) is 30.3 Å². The maximum Gasteiger partial charge on any atom is 0.227 e. The Morgan fingerprint density at radius 3 is 2.79 bits per heavy atom. The number of rotatable bonds is 5. The van der Waals surface area contributed by atoms with Gasteiger partial charge >= 0.3 is 0 Å². The van der Waals surface area contributed by atoms with Crippen LogP contribution in [0.2, 0.25) is 5.02 Å². The van der Waals surface area contributed by atoms with Crippen molar-refractivity contribution in [1.29, 1.82) is 0 Å². The van der Waals surface area contributed by atoms with Crippen LogP contribution in [-0.2, 0) is 17.6 Å². The van der Waals surface area contributed by atoms with Crippen LogP contribution in [-0.4, -0.2) is 34.0 Å². The third-order valence-corrected chi connectivity index (χ3v) is 5.44. The molecule has 1 saturated heterocycles. The minimum absolute atomic E-state index is 0.106. The van der Waals surface area contributed by atoms with Gasteiger partial charge in [-0.2, -0.15) is 4.98 Å². The average Bonchev–Trinajstić information content (AvgIpc) is 3.18. The van der Waals surface area contributed by atoms with Crippen LogP contribution in [0.3, 0.4) is 0 Å².